The molecule has 0 spiro atoms. The lowest BCUT2D eigenvalue weighted by Gasteiger charge is -2.18. The molecule has 0 saturated heterocycles. The smallest absolute Gasteiger partial charge is 0.234 e. The first-order valence-corrected chi connectivity index (χ1v) is 7.51. The molecule has 4 heteroatoms. The molecule has 2 aromatic rings. The number of rotatable bonds is 2. The van der Waals surface area contributed by atoms with Crippen molar-refractivity contribution in [2.75, 3.05) is 0 Å². The van der Waals surface area contributed by atoms with Crippen molar-refractivity contribution in [1.82, 2.24) is 0 Å². The number of carbonyl (C=O) groups is 3. The molecular formula is C18H11ClO3. The fourth-order valence-electron chi connectivity index (χ4n) is 2.88. The van der Waals surface area contributed by atoms with Crippen molar-refractivity contribution in [2.45, 2.75) is 12.8 Å². The van der Waals surface area contributed by atoms with E-state index in [-0.39, 0.29) is 11.7 Å². The second-order valence-electron chi connectivity index (χ2n) is 5.75. The van der Waals surface area contributed by atoms with E-state index in [4.69, 9.17) is 11.6 Å². The summed E-state index contributed by atoms with van der Waals surface area (Å²) in [6, 6.07) is 9.77. The van der Waals surface area contributed by atoms with Gasteiger partial charge in [0.15, 0.2) is 5.78 Å². The van der Waals surface area contributed by atoms with Gasteiger partial charge >= 0.3 is 0 Å². The average molecular weight is 311 g/mol. The Balaban J connectivity index is 1.94. The predicted molar refractivity (Wildman–Crippen MR) is 82.6 cm³/mol. The zero-order valence-corrected chi connectivity index (χ0v) is 12.3. The Morgan fingerprint density at radius 3 is 2.09 bits per heavy atom. The minimum absolute atomic E-state index is 0.107. The SMILES string of the molecule is O=C1C(=O)c2ccc(C(=O)C3CC3)cc2-c2cc(Cl)ccc21. The van der Waals surface area contributed by atoms with Crippen LogP contribution in [-0.4, -0.2) is 17.3 Å². The van der Waals surface area contributed by atoms with Gasteiger partial charge in [-0.1, -0.05) is 17.7 Å². The normalized spacial score (nSPS) is 16.2. The van der Waals surface area contributed by atoms with Gasteiger partial charge in [0.1, 0.15) is 0 Å². The van der Waals surface area contributed by atoms with Gasteiger partial charge in [0, 0.05) is 27.6 Å². The van der Waals surface area contributed by atoms with Crippen molar-refractivity contribution in [3.8, 4) is 11.1 Å². The van der Waals surface area contributed by atoms with Crippen LogP contribution in [0.3, 0.4) is 0 Å². The van der Waals surface area contributed by atoms with E-state index >= 15 is 0 Å². The van der Waals surface area contributed by atoms with E-state index in [2.05, 4.69) is 0 Å². The van der Waals surface area contributed by atoms with Crippen LogP contribution in [0.2, 0.25) is 5.02 Å². The fourth-order valence-corrected chi connectivity index (χ4v) is 3.05. The maximum atomic E-state index is 12.2. The summed E-state index contributed by atoms with van der Waals surface area (Å²) < 4.78 is 0. The molecular weight excluding hydrogens is 300 g/mol. The Labute approximate surface area is 131 Å². The van der Waals surface area contributed by atoms with Crippen LogP contribution >= 0.6 is 11.6 Å². The predicted octanol–water partition coefficient (Wildman–Crippen LogP) is 3.98. The Morgan fingerprint density at radius 2 is 1.45 bits per heavy atom. The highest BCUT2D eigenvalue weighted by Crippen LogP contribution is 2.38. The first-order chi connectivity index (χ1) is 10.6. The maximum absolute atomic E-state index is 12.2. The molecule has 0 radical (unpaired) electrons. The van der Waals surface area contributed by atoms with Gasteiger partial charge in [0.2, 0.25) is 11.6 Å². The van der Waals surface area contributed by atoms with Crippen LogP contribution in [0, 0.1) is 5.92 Å². The molecule has 0 amide bonds. The van der Waals surface area contributed by atoms with Crippen LogP contribution in [-0.2, 0) is 0 Å². The first kappa shape index (κ1) is 13.4. The summed E-state index contributed by atoms with van der Waals surface area (Å²) >= 11 is 6.03. The topological polar surface area (TPSA) is 51.2 Å². The van der Waals surface area contributed by atoms with Crippen LogP contribution in [0.4, 0.5) is 0 Å². The average Bonchev–Trinajstić information content (AvgIpc) is 3.36. The third-order valence-electron chi connectivity index (χ3n) is 4.22. The molecule has 2 aliphatic rings. The summed E-state index contributed by atoms with van der Waals surface area (Å²) in [5, 5.41) is 0.491. The molecule has 0 aromatic heterocycles. The molecule has 0 heterocycles. The number of Topliss-reactive ketones (excluding diaryl/α,β-unsaturated/α-hetero) is 3. The second-order valence-corrected chi connectivity index (χ2v) is 6.18. The minimum atomic E-state index is -0.532. The largest absolute Gasteiger partial charge is 0.294 e. The molecule has 1 saturated carbocycles. The fraction of sp³-hybridized carbons (Fsp3) is 0.167. The number of fused-ring (bicyclic) bond motifs is 3. The van der Waals surface area contributed by atoms with Gasteiger partial charge in [0.05, 0.1) is 0 Å². The molecule has 0 N–H and O–H groups in total. The van der Waals surface area contributed by atoms with E-state index < -0.39 is 11.6 Å². The van der Waals surface area contributed by atoms with Crippen LogP contribution in [0.1, 0.15) is 43.9 Å². The summed E-state index contributed by atoms with van der Waals surface area (Å²) in [7, 11) is 0. The maximum Gasteiger partial charge on any atom is 0.234 e. The molecule has 1 fully saturated rings. The highest BCUT2D eigenvalue weighted by molar-refractivity contribution is 6.53. The summed E-state index contributed by atoms with van der Waals surface area (Å²) in [6.07, 6.45) is 1.85. The summed E-state index contributed by atoms with van der Waals surface area (Å²) in [6.45, 7) is 0. The highest BCUT2D eigenvalue weighted by atomic mass is 35.5. The lowest BCUT2D eigenvalue weighted by Crippen LogP contribution is -2.21. The quantitative estimate of drug-likeness (QED) is 0.623. The molecule has 0 bridgehead atoms. The van der Waals surface area contributed by atoms with Crippen molar-refractivity contribution < 1.29 is 14.4 Å². The summed E-state index contributed by atoms with van der Waals surface area (Å²) in [4.78, 5) is 36.6. The molecule has 4 rings (SSSR count). The third kappa shape index (κ3) is 1.93. The van der Waals surface area contributed by atoms with Gasteiger partial charge in [-0.15, -0.1) is 0 Å². The van der Waals surface area contributed by atoms with Crippen molar-refractivity contribution >= 4 is 29.0 Å². The minimum Gasteiger partial charge on any atom is -0.294 e. The molecule has 22 heavy (non-hydrogen) atoms. The van der Waals surface area contributed by atoms with E-state index in [1.165, 1.54) is 0 Å². The van der Waals surface area contributed by atoms with Crippen molar-refractivity contribution in [3.63, 3.8) is 0 Å². The number of carbonyl (C=O) groups excluding carboxylic acids is 3. The monoisotopic (exact) mass is 310 g/mol. The van der Waals surface area contributed by atoms with Crippen molar-refractivity contribution in [1.29, 1.82) is 0 Å². The van der Waals surface area contributed by atoms with Crippen LogP contribution in [0.5, 0.6) is 0 Å². The molecule has 0 unspecified atom stereocenters. The zero-order chi connectivity index (χ0) is 15.4. The lowest BCUT2D eigenvalue weighted by molar-refractivity contribution is 0.0815. The standard InChI is InChI=1S/C18H11ClO3/c19-11-4-6-13-15(8-11)14-7-10(16(20)9-1-2-9)3-5-12(14)17(21)18(13)22/h3-9H,1-2H2. The number of hydrogen-bond donors (Lipinski definition) is 0. The van der Waals surface area contributed by atoms with Gasteiger partial charge in [-0.3, -0.25) is 14.4 Å². The zero-order valence-electron chi connectivity index (χ0n) is 11.6. The highest BCUT2D eigenvalue weighted by Gasteiger charge is 2.34. The van der Waals surface area contributed by atoms with Gasteiger partial charge in [0.25, 0.3) is 0 Å². The van der Waals surface area contributed by atoms with Crippen molar-refractivity contribution in [3.05, 3.63) is 58.1 Å². The van der Waals surface area contributed by atoms with E-state index in [0.29, 0.717) is 32.8 Å². The third-order valence-corrected chi connectivity index (χ3v) is 4.45. The molecule has 108 valence electrons. The second kappa shape index (κ2) is 4.62. The van der Waals surface area contributed by atoms with Crippen LogP contribution < -0.4 is 0 Å². The van der Waals surface area contributed by atoms with Gasteiger partial charge < -0.3 is 0 Å². The molecule has 2 aromatic carbocycles. The van der Waals surface area contributed by atoms with Crippen LogP contribution in [0.15, 0.2) is 36.4 Å². The van der Waals surface area contributed by atoms with Crippen molar-refractivity contribution in [2.24, 2.45) is 5.92 Å². The number of hydrogen-bond acceptors (Lipinski definition) is 3. The number of ketones is 3. The number of benzene rings is 2. The Hall–Kier alpha value is -2.26. The van der Waals surface area contributed by atoms with E-state index in [1.54, 1.807) is 36.4 Å². The van der Waals surface area contributed by atoms with Gasteiger partial charge in [-0.05, 0) is 54.3 Å². The number of halogens is 1. The summed E-state index contributed by atoms with van der Waals surface area (Å²) in [5.41, 5.74) is 2.52. The Morgan fingerprint density at radius 1 is 0.864 bits per heavy atom. The van der Waals surface area contributed by atoms with Gasteiger partial charge in [-0.2, -0.15) is 0 Å². The van der Waals surface area contributed by atoms with E-state index in [1.807, 2.05) is 0 Å². The summed E-state index contributed by atoms with van der Waals surface area (Å²) in [5.74, 6) is -0.843. The van der Waals surface area contributed by atoms with Crippen LogP contribution in [0.25, 0.3) is 11.1 Å². The lowest BCUT2D eigenvalue weighted by atomic mass is 9.82. The van der Waals surface area contributed by atoms with E-state index in [0.717, 1.165) is 12.8 Å². The van der Waals surface area contributed by atoms with Gasteiger partial charge in [-0.25, -0.2) is 0 Å². The molecule has 0 aliphatic heterocycles. The Kier molecular flexibility index (Phi) is 2.81. The first-order valence-electron chi connectivity index (χ1n) is 7.13. The van der Waals surface area contributed by atoms with E-state index in [9.17, 15) is 14.4 Å². The molecule has 0 atom stereocenters. The molecule has 3 nitrogen and oxygen atoms in total. The Bertz CT molecular complexity index is 863. The molecule has 2 aliphatic carbocycles.